The van der Waals surface area contributed by atoms with E-state index in [1.807, 2.05) is 0 Å². The molecule has 0 bridgehead atoms. The van der Waals surface area contributed by atoms with E-state index in [4.69, 9.17) is 16.1 Å². The normalized spacial score (nSPS) is 10.6. The van der Waals surface area contributed by atoms with Crippen LogP contribution < -0.4 is 0 Å². The summed E-state index contributed by atoms with van der Waals surface area (Å²) in [4.78, 5) is 11.6. The van der Waals surface area contributed by atoms with Crippen LogP contribution in [0.4, 0.5) is 8.78 Å². The zero-order chi connectivity index (χ0) is 14.2. The van der Waals surface area contributed by atoms with Crippen molar-refractivity contribution in [3.63, 3.8) is 0 Å². The molecule has 1 heterocycles. The summed E-state index contributed by atoms with van der Waals surface area (Å²) < 4.78 is 36.6. The zero-order valence-electron chi connectivity index (χ0n) is 9.96. The van der Waals surface area contributed by atoms with Crippen LogP contribution >= 0.6 is 11.6 Å². The molecule has 100 valence electrons. The Bertz CT molecular complexity index is 655. The number of carbonyl (C=O) groups is 1. The van der Waals surface area contributed by atoms with Crippen LogP contribution in [-0.2, 0) is 4.74 Å². The van der Waals surface area contributed by atoms with Gasteiger partial charge in [-0.15, -0.1) is 0 Å². The van der Waals surface area contributed by atoms with Gasteiger partial charge in [-0.1, -0.05) is 16.8 Å². The van der Waals surface area contributed by atoms with Gasteiger partial charge >= 0.3 is 5.97 Å². The van der Waals surface area contributed by atoms with E-state index < -0.39 is 17.6 Å². The van der Waals surface area contributed by atoms with Crippen molar-refractivity contribution in [3.05, 3.63) is 40.1 Å². The quantitative estimate of drug-likeness (QED) is 0.628. The highest BCUT2D eigenvalue weighted by molar-refractivity contribution is 6.30. The lowest BCUT2D eigenvalue weighted by atomic mass is 10.1. The first kappa shape index (κ1) is 13.5. The van der Waals surface area contributed by atoms with Crippen molar-refractivity contribution in [2.75, 3.05) is 7.11 Å². The minimum absolute atomic E-state index is 0.0527. The lowest BCUT2D eigenvalue weighted by molar-refractivity contribution is 0.0599. The van der Waals surface area contributed by atoms with Gasteiger partial charge in [0, 0.05) is 5.56 Å². The number of ether oxygens (including phenoxy) is 1. The highest BCUT2D eigenvalue weighted by Gasteiger charge is 2.25. The number of hydrogen-bond donors (Lipinski definition) is 0. The Morgan fingerprint density at radius 1 is 1.37 bits per heavy atom. The third kappa shape index (κ3) is 2.31. The van der Waals surface area contributed by atoms with E-state index in [1.165, 1.54) is 6.92 Å². The Morgan fingerprint density at radius 3 is 2.68 bits per heavy atom. The van der Waals surface area contributed by atoms with Gasteiger partial charge in [-0.05, 0) is 19.1 Å². The average molecular weight is 288 g/mol. The fraction of sp³-hybridized carbons (Fsp3) is 0.167. The number of benzene rings is 1. The van der Waals surface area contributed by atoms with Crippen molar-refractivity contribution in [3.8, 4) is 11.3 Å². The van der Waals surface area contributed by atoms with Crippen LogP contribution in [0, 0.1) is 18.6 Å². The van der Waals surface area contributed by atoms with Gasteiger partial charge in [0.2, 0.25) is 0 Å². The fourth-order valence-electron chi connectivity index (χ4n) is 1.60. The topological polar surface area (TPSA) is 52.3 Å². The standard InChI is InChI=1S/C12H8ClF2NO3/c1-5-10(12(17)18-2)11(16-19-5)6-3-9(15)7(13)4-8(6)14/h3-4H,1-2H3. The van der Waals surface area contributed by atoms with Crippen LogP contribution in [0.2, 0.25) is 5.02 Å². The van der Waals surface area contributed by atoms with E-state index in [0.29, 0.717) is 0 Å². The lowest BCUT2D eigenvalue weighted by Crippen LogP contribution is -2.04. The van der Waals surface area contributed by atoms with Crippen molar-refractivity contribution >= 4 is 17.6 Å². The van der Waals surface area contributed by atoms with Gasteiger partial charge in [0.05, 0.1) is 12.1 Å². The molecule has 0 N–H and O–H groups in total. The average Bonchev–Trinajstić information content (AvgIpc) is 2.74. The van der Waals surface area contributed by atoms with Gasteiger partial charge in [0.15, 0.2) is 0 Å². The number of aryl methyl sites for hydroxylation is 1. The van der Waals surface area contributed by atoms with E-state index in [0.717, 1.165) is 19.2 Å². The molecule has 0 aliphatic rings. The van der Waals surface area contributed by atoms with Crippen molar-refractivity contribution in [1.82, 2.24) is 5.16 Å². The Kier molecular flexibility index (Phi) is 3.53. The Hall–Kier alpha value is -1.95. The maximum Gasteiger partial charge on any atom is 0.343 e. The minimum atomic E-state index is -0.825. The Labute approximate surface area is 111 Å². The van der Waals surface area contributed by atoms with Crippen LogP contribution in [0.25, 0.3) is 11.3 Å². The number of carbonyl (C=O) groups excluding carboxylic acids is 1. The van der Waals surface area contributed by atoms with E-state index in [9.17, 15) is 13.6 Å². The van der Waals surface area contributed by atoms with Gasteiger partial charge in [-0.2, -0.15) is 0 Å². The summed E-state index contributed by atoms with van der Waals surface area (Å²) in [5.74, 6) is -2.24. The summed E-state index contributed by atoms with van der Waals surface area (Å²) in [6.45, 7) is 1.47. The molecule has 0 atom stereocenters. The second-order valence-corrected chi connectivity index (χ2v) is 4.11. The molecule has 2 aromatic rings. The molecule has 19 heavy (non-hydrogen) atoms. The molecule has 0 aliphatic heterocycles. The van der Waals surface area contributed by atoms with Crippen LogP contribution in [0.1, 0.15) is 16.1 Å². The molecule has 0 amide bonds. The van der Waals surface area contributed by atoms with Crippen molar-refractivity contribution in [2.24, 2.45) is 0 Å². The molecule has 0 unspecified atom stereocenters. The Balaban J connectivity index is 2.66. The highest BCUT2D eigenvalue weighted by Crippen LogP contribution is 2.31. The van der Waals surface area contributed by atoms with Gasteiger partial charge in [-0.25, -0.2) is 13.6 Å². The molecule has 0 spiro atoms. The first-order chi connectivity index (χ1) is 8.95. The summed E-state index contributed by atoms with van der Waals surface area (Å²) in [7, 11) is 1.16. The van der Waals surface area contributed by atoms with Crippen LogP contribution in [-0.4, -0.2) is 18.2 Å². The smallest absolute Gasteiger partial charge is 0.343 e. The molecule has 0 radical (unpaired) electrons. The number of methoxy groups -OCH3 is 1. The second-order valence-electron chi connectivity index (χ2n) is 3.70. The fourth-order valence-corrected chi connectivity index (χ4v) is 1.75. The highest BCUT2D eigenvalue weighted by atomic mass is 35.5. The third-order valence-electron chi connectivity index (χ3n) is 2.52. The molecule has 4 nitrogen and oxygen atoms in total. The first-order valence-corrected chi connectivity index (χ1v) is 5.53. The summed E-state index contributed by atoms with van der Waals surface area (Å²) in [6.07, 6.45) is 0. The summed E-state index contributed by atoms with van der Waals surface area (Å²) in [5, 5.41) is 3.20. The molecule has 7 heteroatoms. The molecular formula is C12H8ClF2NO3. The molecular weight excluding hydrogens is 280 g/mol. The second kappa shape index (κ2) is 4.97. The van der Waals surface area contributed by atoms with Crippen molar-refractivity contribution in [1.29, 1.82) is 0 Å². The SMILES string of the molecule is COC(=O)c1c(-c2cc(F)c(Cl)cc2F)noc1C. The predicted molar refractivity (Wildman–Crippen MR) is 62.9 cm³/mol. The van der Waals surface area contributed by atoms with E-state index in [2.05, 4.69) is 9.89 Å². The number of esters is 1. The Morgan fingerprint density at radius 2 is 2.05 bits per heavy atom. The zero-order valence-corrected chi connectivity index (χ0v) is 10.7. The van der Waals surface area contributed by atoms with E-state index >= 15 is 0 Å². The van der Waals surface area contributed by atoms with E-state index in [-0.39, 0.29) is 27.6 Å². The minimum Gasteiger partial charge on any atom is -0.465 e. The van der Waals surface area contributed by atoms with Crippen LogP contribution in [0.5, 0.6) is 0 Å². The van der Waals surface area contributed by atoms with Gasteiger partial charge in [0.1, 0.15) is 28.7 Å². The molecule has 1 aromatic carbocycles. The predicted octanol–water partition coefficient (Wildman–Crippen LogP) is 3.37. The number of hydrogen-bond acceptors (Lipinski definition) is 4. The summed E-state index contributed by atoms with van der Waals surface area (Å²) in [5.41, 5.74) is -0.403. The van der Waals surface area contributed by atoms with E-state index in [1.54, 1.807) is 0 Å². The number of aromatic nitrogens is 1. The number of halogens is 3. The number of rotatable bonds is 2. The van der Waals surface area contributed by atoms with Crippen LogP contribution in [0.15, 0.2) is 16.7 Å². The summed E-state index contributed by atoms with van der Waals surface area (Å²) in [6, 6.07) is 1.65. The molecule has 0 fully saturated rings. The monoisotopic (exact) mass is 287 g/mol. The van der Waals surface area contributed by atoms with Crippen LogP contribution in [0.3, 0.4) is 0 Å². The lowest BCUT2D eigenvalue weighted by Gasteiger charge is -2.03. The molecule has 0 saturated carbocycles. The molecule has 0 saturated heterocycles. The molecule has 2 rings (SSSR count). The van der Waals surface area contributed by atoms with Gasteiger partial charge in [0.25, 0.3) is 0 Å². The van der Waals surface area contributed by atoms with Crippen molar-refractivity contribution in [2.45, 2.75) is 6.92 Å². The maximum atomic E-state index is 13.8. The van der Waals surface area contributed by atoms with Crippen molar-refractivity contribution < 1.29 is 22.8 Å². The largest absolute Gasteiger partial charge is 0.465 e. The third-order valence-corrected chi connectivity index (χ3v) is 2.81. The van der Waals surface area contributed by atoms with Gasteiger partial charge < -0.3 is 9.26 Å². The molecule has 1 aromatic heterocycles. The maximum absolute atomic E-state index is 13.8. The van der Waals surface area contributed by atoms with Gasteiger partial charge in [-0.3, -0.25) is 0 Å². The summed E-state index contributed by atoms with van der Waals surface area (Å²) >= 11 is 5.46. The number of nitrogens with zero attached hydrogens (tertiary/aromatic N) is 1. The first-order valence-electron chi connectivity index (χ1n) is 5.15. The molecule has 0 aliphatic carbocycles.